The van der Waals surface area contributed by atoms with E-state index in [2.05, 4.69) is 42.7 Å². The number of aliphatic hydroxyl groups excluding tert-OH is 2. The van der Waals surface area contributed by atoms with Crippen LogP contribution < -0.4 is 5.32 Å². The molecular formula is C31H38Cl2N2O4. The number of hydrogen-bond acceptors (Lipinski definition) is 5. The average Bonchev–Trinajstić information content (AvgIpc) is 3.23. The molecule has 3 N–H and O–H groups in total. The molecule has 210 valence electrons. The number of benzene rings is 2. The van der Waals surface area contributed by atoms with Crippen LogP contribution in [-0.2, 0) is 4.74 Å². The van der Waals surface area contributed by atoms with Crippen molar-refractivity contribution in [2.45, 2.75) is 68.7 Å². The second-order valence-electron chi connectivity index (χ2n) is 10.5. The number of hydrogen-bond donors (Lipinski definition) is 3. The first-order chi connectivity index (χ1) is 18.8. The van der Waals surface area contributed by atoms with Gasteiger partial charge in [-0.05, 0) is 54.5 Å². The van der Waals surface area contributed by atoms with Gasteiger partial charge in [-0.3, -0.25) is 0 Å². The topological polar surface area (TPSA) is 82.0 Å². The van der Waals surface area contributed by atoms with Crippen molar-refractivity contribution in [2.75, 3.05) is 19.7 Å². The summed E-state index contributed by atoms with van der Waals surface area (Å²) in [6.07, 6.45) is 3.11. The van der Waals surface area contributed by atoms with Gasteiger partial charge in [-0.2, -0.15) is 0 Å². The van der Waals surface area contributed by atoms with E-state index >= 15 is 0 Å². The summed E-state index contributed by atoms with van der Waals surface area (Å²) in [5.41, 5.74) is 4.76. The van der Waals surface area contributed by atoms with Gasteiger partial charge in [0.25, 0.3) is 0 Å². The van der Waals surface area contributed by atoms with Crippen molar-refractivity contribution in [1.82, 2.24) is 10.2 Å². The molecule has 0 bridgehead atoms. The van der Waals surface area contributed by atoms with Crippen LogP contribution in [-0.4, -0.2) is 65.2 Å². The molecule has 0 unspecified atom stereocenters. The van der Waals surface area contributed by atoms with E-state index in [-0.39, 0.29) is 30.7 Å². The molecule has 1 amide bonds. The van der Waals surface area contributed by atoms with Gasteiger partial charge in [0.2, 0.25) is 0 Å². The number of nitrogens with one attached hydrogen (secondary N) is 1. The molecule has 8 heteroatoms. The molecule has 6 nitrogen and oxygen atoms in total. The number of nitrogens with zero attached hydrogens (tertiary/aromatic N) is 1. The van der Waals surface area contributed by atoms with E-state index in [0.717, 1.165) is 25.8 Å². The zero-order valence-corrected chi connectivity index (χ0v) is 23.7. The normalized spacial score (nSPS) is 24.2. The molecule has 0 saturated carbocycles. The summed E-state index contributed by atoms with van der Waals surface area (Å²) in [5, 5.41) is 24.0. The Balaban J connectivity index is 0.000000270. The van der Waals surface area contributed by atoms with Crippen LogP contribution in [0.1, 0.15) is 55.6 Å². The second-order valence-corrected chi connectivity index (χ2v) is 11.6. The highest BCUT2D eigenvalue weighted by molar-refractivity contribution is 6.29. The fraction of sp³-hybridized carbons (Fsp3) is 0.452. The maximum absolute atomic E-state index is 12.8. The fourth-order valence-electron chi connectivity index (χ4n) is 5.80. The third-order valence-corrected chi connectivity index (χ3v) is 8.04. The summed E-state index contributed by atoms with van der Waals surface area (Å²) in [6, 6.07) is 16.2. The Morgan fingerprint density at radius 1 is 0.923 bits per heavy atom. The van der Waals surface area contributed by atoms with Gasteiger partial charge < -0.3 is 25.2 Å². The maximum atomic E-state index is 12.8. The molecule has 0 radical (unpaired) electrons. The predicted octanol–water partition coefficient (Wildman–Crippen LogP) is 6.15. The van der Waals surface area contributed by atoms with Gasteiger partial charge in [0, 0.05) is 41.4 Å². The molecule has 4 atom stereocenters. The highest BCUT2D eigenvalue weighted by Gasteiger charge is 2.36. The summed E-state index contributed by atoms with van der Waals surface area (Å²) < 4.78 is 5.74. The molecule has 2 saturated heterocycles. The molecular weight excluding hydrogens is 535 g/mol. The van der Waals surface area contributed by atoms with E-state index < -0.39 is 12.2 Å². The molecule has 0 spiro atoms. The minimum absolute atomic E-state index is 0.0208. The second kappa shape index (κ2) is 13.8. The van der Waals surface area contributed by atoms with Crippen molar-refractivity contribution in [3.8, 4) is 11.1 Å². The molecule has 1 aliphatic carbocycles. The largest absolute Gasteiger partial charge is 0.448 e. The number of halogens is 2. The number of carbonyl (C=O) groups is 1. The van der Waals surface area contributed by atoms with Gasteiger partial charge in [-0.25, -0.2) is 4.79 Å². The van der Waals surface area contributed by atoms with E-state index in [9.17, 15) is 15.0 Å². The van der Waals surface area contributed by atoms with Crippen molar-refractivity contribution in [1.29, 1.82) is 0 Å². The standard InChI is InChI=1S/C23H24ClNO3.C8H14ClNO/c1-15(24)13-21-22(26)11-6-12-25(21)23(27)28-14-20-18-9-4-2-7-16(18)17-8-3-5-10-19(17)20;1-6(9)5-7-8(11)3-2-4-10-7/h2-5,7-10,20-22,26H,1,6,11-14H2;7-8,10-11H,1-5H2/t21-,22-;7-,8-/m00/s1. The molecule has 0 aromatic heterocycles. The van der Waals surface area contributed by atoms with Crippen molar-refractivity contribution in [3.63, 3.8) is 0 Å². The van der Waals surface area contributed by atoms with E-state index in [1.165, 1.54) is 22.3 Å². The highest BCUT2D eigenvalue weighted by Crippen LogP contribution is 2.44. The highest BCUT2D eigenvalue weighted by atomic mass is 35.5. The van der Waals surface area contributed by atoms with Crippen LogP contribution in [0, 0.1) is 0 Å². The van der Waals surface area contributed by atoms with Crippen LogP contribution in [0.3, 0.4) is 0 Å². The number of rotatable bonds is 6. The summed E-state index contributed by atoms with van der Waals surface area (Å²) in [5.74, 6) is 0.0208. The first-order valence-electron chi connectivity index (χ1n) is 13.6. The van der Waals surface area contributed by atoms with Gasteiger partial charge in [-0.15, -0.1) is 0 Å². The zero-order chi connectivity index (χ0) is 27.9. The Bertz CT molecular complexity index is 1130. The van der Waals surface area contributed by atoms with Gasteiger partial charge in [0.1, 0.15) is 6.61 Å². The van der Waals surface area contributed by atoms with E-state index in [1.54, 1.807) is 4.90 Å². The van der Waals surface area contributed by atoms with Crippen molar-refractivity contribution < 1.29 is 19.7 Å². The smallest absolute Gasteiger partial charge is 0.410 e. The third kappa shape index (κ3) is 7.44. The number of amides is 1. The molecule has 2 aliphatic heterocycles. The minimum Gasteiger partial charge on any atom is -0.448 e. The summed E-state index contributed by atoms with van der Waals surface area (Å²) in [4.78, 5) is 14.4. The Hall–Kier alpha value is -2.35. The fourth-order valence-corrected chi connectivity index (χ4v) is 6.12. The van der Waals surface area contributed by atoms with E-state index in [0.29, 0.717) is 35.9 Å². The monoisotopic (exact) mass is 572 g/mol. The van der Waals surface area contributed by atoms with Crippen LogP contribution >= 0.6 is 23.2 Å². The lowest BCUT2D eigenvalue weighted by atomic mass is 9.96. The summed E-state index contributed by atoms with van der Waals surface area (Å²) in [6.45, 7) is 9.12. The number of aliphatic hydroxyl groups is 2. The number of likely N-dealkylation sites (tertiary alicyclic amines) is 1. The van der Waals surface area contributed by atoms with Crippen molar-refractivity contribution in [3.05, 3.63) is 82.9 Å². The van der Waals surface area contributed by atoms with Crippen molar-refractivity contribution >= 4 is 29.3 Å². The summed E-state index contributed by atoms with van der Waals surface area (Å²) in [7, 11) is 0. The number of piperidine rings is 2. The van der Waals surface area contributed by atoms with Crippen LogP contribution in [0.5, 0.6) is 0 Å². The van der Waals surface area contributed by atoms with Crippen LogP contribution in [0.15, 0.2) is 71.8 Å². The van der Waals surface area contributed by atoms with Crippen LogP contribution in [0.25, 0.3) is 11.1 Å². The van der Waals surface area contributed by atoms with Crippen LogP contribution in [0.2, 0.25) is 0 Å². The Labute approximate surface area is 241 Å². The van der Waals surface area contributed by atoms with Gasteiger partial charge >= 0.3 is 6.09 Å². The SMILES string of the molecule is C=C(Cl)C[C@@H]1NCCC[C@@H]1O.C=C(Cl)C[C@H]1[C@@H](O)CCCN1C(=O)OCC1c2ccccc2-c2ccccc21. The summed E-state index contributed by atoms with van der Waals surface area (Å²) >= 11 is 11.6. The Kier molecular flexibility index (Phi) is 10.5. The Morgan fingerprint density at radius 2 is 1.51 bits per heavy atom. The molecule has 5 rings (SSSR count). The first-order valence-corrected chi connectivity index (χ1v) is 14.4. The lowest BCUT2D eigenvalue weighted by Gasteiger charge is -2.38. The number of fused-ring (bicyclic) bond motifs is 3. The van der Waals surface area contributed by atoms with Gasteiger partial charge in [-0.1, -0.05) is 84.9 Å². The van der Waals surface area contributed by atoms with Gasteiger partial charge in [0.05, 0.1) is 18.2 Å². The molecule has 2 aromatic carbocycles. The van der Waals surface area contributed by atoms with Gasteiger partial charge in [0.15, 0.2) is 0 Å². The van der Waals surface area contributed by atoms with E-state index in [1.807, 2.05) is 24.3 Å². The predicted molar refractivity (Wildman–Crippen MR) is 157 cm³/mol. The van der Waals surface area contributed by atoms with Crippen molar-refractivity contribution in [2.24, 2.45) is 0 Å². The van der Waals surface area contributed by atoms with Crippen LogP contribution in [0.4, 0.5) is 4.79 Å². The maximum Gasteiger partial charge on any atom is 0.410 e. The third-order valence-electron chi connectivity index (χ3n) is 7.73. The molecule has 2 aromatic rings. The quantitative estimate of drug-likeness (QED) is 0.387. The lowest BCUT2D eigenvalue weighted by Crippen LogP contribution is -2.51. The zero-order valence-electron chi connectivity index (χ0n) is 22.2. The number of ether oxygens (including phenoxy) is 1. The average molecular weight is 574 g/mol. The molecule has 3 aliphatic rings. The minimum atomic E-state index is -0.607. The van der Waals surface area contributed by atoms with E-state index in [4.69, 9.17) is 27.9 Å². The number of carbonyl (C=O) groups excluding carboxylic acids is 1. The molecule has 39 heavy (non-hydrogen) atoms. The first kappa shape index (κ1) is 29.6. The Morgan fingerprint density at radius 3 is 2.10 bits per heavy atom. The molecule has 2 heterocycles. The lowest BCUT2D eigenvalue weighted by molar-refractivity contribution is 0.00568. The molecule has 2 fully saturated rings.